The molecular weight excluding hydrogens is 446 g/mol. The van der Waals surface area contributed by atoms with E-state index in [1.165, 1.54) is 0 Å². The Kier molecular flexibility index (Phi) is 9.74. The van der Waals surface area contributed by atoms with Crippen LogP contribution in [-0.4, -0.2) is 28.8 Å². The number of pyridine rings is 1. The van der Waals surface area contributed by atoms with Gasteiger partial charge in [-0.3, -0.25) is 9.59 Å². The van der Waals surface area contributed by atoms with E-state index in [-0.39, 0.29) is 29.8 Å². The number of nitrogens with zero attached hydrogens (tertiary/aromatic N) is 1. The molecule has 0 aliphatic heterocycles. The van der Waals surface area contributed by atoms with Gasteiger partial charge in [-0.05, 0) is 51.3 Å². The maximum atomic E-state index is 13.6. The predicted octanol–water partition coefficient (Wildman–Crippen LogP) is 5.46. The number of nitrogens with one attached hydrogen (secondary N) is 2. The van der Waals surface area contributed by atoms with Crippen molar-refractivity contribution in [2.45, 2.75) is 86.9 Å². The quantitative estimate of drug-likeness (QED) is 0.434. The summed E-state index contributed by atoms with van der Waals surface area (Å²) in [7, 11) is 0. The van der Waals surface area contributed by atoms with Gasteiger partial charge in [0.2, 0.25) is 5.91 Å². The Morgan fingerprint density at radius 2 is 1.77 bits per heavy atom. The molecule has 0 fully saturated rings. The molecular formula is C27H41N3O5. The van der Waals surface area contributed by atoms with E-state index in [1.54, 1.807) is 43.5 Å². The Bertz CT molecular complexity index is 1100. The Labute approximate surface area is 208 Å². The maximum absolute atomic E-state index is 13.6. The third kappa shape index (κ3) is 8.01. The minimum Gasteiger partial charge on any atom is -0.491 e. The molecule has 1 heterocycles. The number of rotatable bonds is 10. The number of unbranched alkanes of at least 4 members (excludes halogenated alkanes) is 1. The molecule has 0 atom stereocenters. The molecule has 2 amide bonds. The first kappa shape index (κ1) is 28.2. The first-order valence-corrected chi connectivity index (χ1v) is 12.4. The second-order valence-corrected chi connectivity index (χ2v) is 10.5. The second-order valence-electron chi connectivity index (χ2n) is 10.5. The van der Waals surface area contributed by atoms with E-state index in [4.69, 9.17) is 9.47 Å². The molecule has 8 nitrogen and oxygen atoms in total. The summed E-state index contributed by atoms with van der Waals surface area (Å²) in [6.07, 6.45) is 1.22. The molecule has 0 bridgehead atoms. The summed E-state index contributed by atoms with van der Waals surface area (Å²) >= 11 is 0. The Balaban J connectivity index is 2.67. The SMILES string of the molecule is CCCCOc1c(CNC(=O)OC(C)(C)C)n(CC(C)C)c(=O)c2ccc(NC(=O)C(C)C)cc12. The maximum Gasteiger partial charge on any atom is 0.407 e. The van der Waals surface area contributed by atoms with E-state index in [0.29, 0.717) is 41.1 Å². The molecule has 2 N–H and O–H groups in total. The topological polar surface area (TPSA) is 98.7 Å². The van der Waals surface area contributed by atoms with Crippen LogP contribution in [0.2, 0.25) is 0 Å². The van der Waals surface area contributed by atoms with Crippen molar-refractivity contribution >= 4 is 28.5 Å². The Morgan fingerprint density at radius 3 is 2.34 bits per heavy atom. The number of anilines is 1. The number of amides is 2. The van der Waals surface area contributed by atoms with Crippen molar-refractivity contribution in [2.24, 2.45) is 11.8 Å². The first-order valence-electron chi connectivity index (χ1n) is 12.4. The molecule has 1 aromatic carbocycles. The lowest BCUT2D eigenvalue weighted by Crippen LogP contribution is -2.35. The zero-order chi connectivity index (χ0) is 26.3. The smallest absolute Gasteiger partial charge is 0.407 e. The number of alkyl carbamates (subject to hydrolysis) is 1. The van der Waals surface area contributed by atoms with Crippen LogP contribution in [-0.2, 0) is 22.6 Å². The monoisotopic (exact) mass is 487 g/mol. The number of fused-ring (bicyclic) bond motifs is 1. The average molecular weight is 488 g/mol. The van der Waals surface area contributed by atoms with Crippen molar-refractivity contribution in [1.29, 1.82) is 0 Å². The number of ether oxygens (including phenoxy) is 2. The van der Waals surface area contributed by atoms with Gasteiger partial charge in [0.25, 0.3) is 5.56 Å². The number of hydrogen-bond donors (Lipinski definition) is 2. The van der Waals surface area contributed by atoms with Crippen molar-refractivity contribution < 1.29 is 19.1 Å². The number of hydrogen-bond acceptors (Lipinski definition) is 5. The molecule has 0 radical (unpaired) electrons. The first-order chi connectivity index (χ1) is 16.3. The van der Waals surface area contributed by atoms with Crippen LogP contribution in [0.4, 0.5) is 10.5 Å². The fourth-order valence-corrected chi connectivity index (χ4v) is 3.51. The van der Waals surface area contributed by atoms with Gasteiger partial charge in [0.05, 0.1) is 24.2 Å². The molecule has 1 aromatic heterocycles. The van der Waals surface area contributed by atoms with Crippen molar-refractivity contribution in [3.8, 4) is 5.75 Å². The summed E-state index contributed by atoms with van der Waals surface area (Å²) in [6, 6.07) is 5.23. The van der Waals surface area contributed by atoms with Gasteiger partial charge in [0, 0.05) is 23.5 Å². The van der Waals surface area contributed by atoms with Gasteiger partial charge in [-0.2, -0.15) is 0 Å². The third-order valence-corrected chi connectivity index (χ3v) is 5.21. The summed E-state index contributed by atoms with van der Waals surface area (Å²) in [6.45, 7) is 16.2. The molecule has 8 heteroatoms. The van der Waals surface area contributed by atoms with E-state index in [1.807, 2.05) is 27.7 Å². The van der Waals surface area contributed by atoms with Gasteiger partial charge in [-0.1, -0.05) is 41.0 Å². The molecule has 0 aliphatic carbocycles. The third-order valence-electron chi connectivity index (χ3n) is 5.21. The zero-order valence-electron chi connectivity index (χ0n) is 22.4. The zero-order valence-corrected chi connectivity index (χ0v) is 22.4. The molecule has 2 rings (SSSR count). The van der Waals surface area contributed by atoms with Gasteiger partial charge >= 0.3 is 6.09 Å². The molecule has 0 aliphatic rings. The Morgan fingerprint density at radius 1 is 1.09 bits per heavy atom. The summed E-state index contributed by atoms with van der Waals surface area (Å²) < 4.78 is 13.3. The highest BCUT2D eigenvalue weighted by Gasteiger charge is 2.22. The molecule has 0 saturated heterocycles. The van der Waals surface area contributed by atoms with Crippen LogP contribution in [0.25, 0.3) is 10.8 Å². The van der Waals surface area contributed by atoms with Crippen molar-refractivity contribution in [3.05, 3.63) is 34.2 Å². The summed E-state index contributed by atoms with van der Waals surface area (Å²) in [5, 5.41) is 6.79. The van der Waals surface area contributed by atoms with E-state index >= 15 is 0 Å². The van der Waals surface area contributed by atoms with Crippen molar-refractivity contribution in [3.63, 3.8) is 0 Å². The van der Waals surface area contributed by atoms with E-state index in [0.717, 1.165) is 12.8 Å². The van der Waals surface area contributed by atoms with Crippen LogP contribution < -0.4 is 20.9 Å². The highest BCUT2D eigenvalue weighted by molar-refractivity contribution is 5.97. The predicted molar refractivity (Wildman–Crippen MR) is 140 cm³/mol. The van der Waals surface area contributed by atoms with Crippen LogP contribution in [0.15, 0.2) is 23.0 Å². The summed E-state index contributed by atoms with van der Waals surface area (Å²) in [4.78, 5) is 38.2. The lowest BCUT2D eigenvalue weighted by Gasteiger charge is -2.23. The molecule has 0 saturated carbocycles. The van der Waals surface area contributed by atoms with Crippen molar-refractivity contribution in [2.75, 3.05) is 11.9 Å². The molecule has 0 spiro atoms. The van der Waals surface area contributed by atoms with E-state index < -0.39 is 11.7 Å². The van der Waals surface area contributed by atoms with Gasteiger partial charge in [0.1, 0.15) is 11.4 Å². The molecule has 35 heavy (non-hydrogen) atoms. The van der Waals surface area contributed by atoms with E-state index in [9.17, 15) is 14.4 Å². The average Bonchev–Trinajstić information content (AvgIpc) is 2.74. The van der Waals surface area contributed by atoms with Crippen LogP contribution in [0, 0.1) is 11.8 Å². The summed E-state index contributed by atoms with van der Waals surface area (Å²) in [5.41, 5.74) is 0.350. The standard InChI is InChI=1S/C27H41N3O5/c1-9-10-13-34-23-21-14-19(29-24(31)18(4)5)11-12-20(21)25(32)30(16-17(2)3)22(23)15-28-26(33)35-27(6,7)8/h11-12,14,17-18H,9-10,13,15-16H2,1-8H3,(H,28,33)(H,29,31). The van der Waals surface area contributed by atoms with Crippen LogP contribution in [0.3, 0.4) is 0 Å². The highest BCUT2D eigenvalue weighted by Crippen LogP contribution is 2.31. The largest absolute Gasteiger partial charge is 0.491 e. The van der Waals surface area contributed by atoms with Crippen LogP contribution >= 0.6 is 0 Å². The van der Waals surface area contributed by atoms with E-state index in [2.05, 4.69) is 17.6 Å². The lowest BCUT2D eigenvalue weighted by atomic mass is 10.1. The summed E-state index contributed by atoms with van der Waals surface area (Å²) in [5.74, 6) is 0.431. The highest BCUT2D eigenvalue weighted by atomic mass is 16.6. The minimum atomic E-state index is -0.644. The van der Waals surface area contributed by atoms with Crippen LogP contribution in [0.1, 0.15) is 73.9 Å². The van der Waals surface area contributed by atoms with Gasteiger partial charge in [0.15, 0.2) is 0 Å². The number of benzene rings is 1. The second kappa shape index (κ2) is 12.1. The molecule has 194 valence electrons. The lowest BCUT2D eigenvalue weighted by molar-refractivity contribution is -0.118. The number of aromatic nitrogens is 1. The van der Waals surface area contributed by atoms with Crippen LogP contribution in [0.5, 0.6) is 5.75 Å². The fourth-order valence-electron chi connectivity index (χ4n) is 3.51. The molecule has 0 unspecified atom stereocenters. The fraction of sp³-hybridized carbons (Fsp3) is 0.593. The number of carbonyl (C=O) groups is 2. The Hall–Kier alpha value is -3.03. The van der Waals surface area contributed by atoms with Crippen molar-refractivity contribution in [1.82, 2.24) is 9.88 Å². The van der Waals surface area contributed by atoms with Gasteiger partial charge in [-0.15, -0.1) is 0 Å². The van der Waals surface area contributed by atoms with Gasteiger partial charge in [-0.25, -0.2) is 4.79 Å². The minimum absolute atomic E-state index is 0.0663. The molecule has 2 aromatic rings. The van der Waals surface area contributed by atoms with Gasteiger partial charge < -0.3 is 24.7 Å². The normalized spacial score (nSPS) is 11.7. The number of carbonyl (C=O) groups excluding carboxylic acids is 2.